The van der Waals surface area contributed by atoms with Gasteiger partial charge < -0.3 is 9.47 Å². The summed E-state index contributed by atoms with van der Waals surface area (Å²) in [6.07, 6.45) is 0. The van der Waals surface area contributed by atoms with E-state index in [1.807, 2.05) is 12.1 Å². The Morgan fingerprint density at radius 2 is 2.14 bits per heavy atom. The number of fused-ring (bicyclic) bond motifs is 1. The molecule has 0 N–H and O–H groups in total. The molecular formula is C11H14O2S. The summed E-state index contributed by atoms with van der Waals surface area (Å²) in [4.78, 5) is 0. The first kappa shape index (κ1) is 9.87. The normalized spacial score (nSPS) is 15.9. The molecule has 0 aromatic heterocycles. The maximum atomic E-state index is 5.40. The number of hydrogen-bond acceptors (Lipinski definition) is 3. The molecule has 0 atom stereocenters. The maximum absolute atomic E-state index is 5.40. The van der Waals surface area contributed by atoms with E-state index in [-0.39, 0.29) is 4.75 Å². The highest BCUT2D eigenvalue weighted by Gasteiger charge is 2.18. The van der Waals surface area contributed by atoms with Gasteiger partial charge in [-0.3, -0.25) is 0 Å². The second kappa shape index (κ2) is 3.48. The smallest absolute Gasteiger partial charge is 0.189 e. The number of hydrogen-bond donors (Lipinski definition) is 1. The van der Waals surface area contributed by atoms with Crippen LogP contribution < -0.4 is 4.74 Å². The molecule has 14 heavy (non-hydrogen) atoms. The van der Waals surface area contributed by atoms with Crippen molar-refractivity contribution in [2.24, 2.45) is 0 Å². The zero-order valence-electron chi connectivity index (χ0n) is 8.41. The van der Waals surface area contributed by atoms with Gasteiger partial charge in [0.2, 0.25) is 0 Å². The molecule has 76 valence electrons. The SMILES string of the molecule is CC(C)(S)c1ccc2c(c1)OCOC2. The van der Waals surface area contributed by atoms with E-state index in [2.05, 4.69) is 32.5 Å². The van der Waals surface area contributed by atoms with E-state index in [0.717, 1.165) is 11.3 Å². The topological polar surface area (TPSA) is 18.5 Å². The number of ether oxygens (including phenoxy) is 2. The molecule has 3 heteroatoms. The third kappa shape index (κ3) is 1.88. The minimum absolute atomic E-state index is 0.128. The van der Waals surface area contributed by atoms with Gasteiger partial charge in [-0.05, 0) is 25.5 Å². The standard InChI is InChI=1S/C11H14O2S/c1-11(2,14)9-4-3-8-6-12-7-13-10(8)5-9/h3-5,14H,6-7H2,1-2H3. The number of rotatable bonds is 1. The van der Waals surface area contributed by atoms with E-state index in [1.54, 1.807) is 0 Å². The fraction of sp³-hybridized carbons (Fsp3) is 0.455. The van der Waals surface area contributed by atoms with Gasteiger partial charge in [0.05, 0.1) is 6.61 Å². The van der Waals surface area contributed by atoms with Crippen molar-refractivity contribution in [1.29, 1.82) is 0 Å². The molecule has 1 aromatic carbocycles. The highest BCUT2D eigenvalue weighted by molar-refractivity contribution is 7.81. The van der Waals surface area contributed by atoms with Crippen LogP contribution in [0.15, 0.2) is 18.2 Å². The lowest BCUT2D eigenvalue weighted by atomic mass is 10.00. The van der Waals surface area contributed by atoms with Gasteiger partial charge in [0.1, 0.15) is 5.75 Å². The monoisotopic (exact) mass is 210 g/mol. The summed E-state index contributed by atoms with van der Waals surface area (Å²) in [5.74, 6) is 0.927. The summed E-state index contributed by atoms with van der Waals surface area (Å²) in [5.41, 5.74) is 2.28. The van der Waals surface area contributed by atoms with Crippen molar-refractivity contribution in [1.82, 2.24) is 0 Å². The molecule has 0 saturated carbocycles. The van der Waals surface area contributed by atoms with Gasteiger partial charge in [-0.2, -0.15) is 12.6 Å². The van der Waals surface area contributed by atoms with Crippen molar-refractivity contribution >= 4 is 12.6 Å². The Hall–Kier alpha value is -0.670. The van der Waals surface area contributed by atoms with Crippen LogP contribution in [0.2, 0.25) is 0 Å². The molecule has 1 aliphatic rings. The van der Waals surface area contributed by atoms with Crippen LogP contribution in [0.3, 0.4) is 0 Å². The fourth-order valence-corrected chi connectivity index (χ4v) is 1.58. The van der Waals surface area contributed by atoms with E-state index in [1.165, 1.54) is 5.56 Å². The molecule has 0 bridgehead atoms. The third-order valence-electron chi connectivity index (χ3n) is 2.33. The van der Waals surface area contributed by atoms with Crippen molar-refractivity contribution in [2.45, 2.75) is 25.2 Å². The first-order chi connectivity index (χ1) is 6.57. The van der Waals surface area contributed by atoms with Crippen LogP contribution in [0.1, 0.15) is 25.0 Å². The molecular weight excluding hydrogens is 196 g/mol. The molecule has 0 aliphatic carbocycles. The van der Waals surface area contributed by atoms with E-state index >= 15 is 0 Å². The van der Waals surface area contributed by atoms with Gasteiger partial charge in [0.25, 0.3) is 0 Å². The number of thiol groups is 1. The van der Waals surface area contributed by atoms with Gasteiger partial charge in [-0.1, -0.05) is 12.1 Å². The first-order valence-electron chi connectivity index (χ1n) is 4.64. The summed E-state index contributed by atoms with van der Waals surface area (Å²) in [5, 5.41) is 0. The lowest BCUT2D eigenvalue weighted by molar-refractivity contribution is -0.0164. The Labute approximate surface area is 89.6 Å². The van der Waals surface area contributed by atoms with Crippen LogP contribution >= 0.6 is 12.6 Å². The summed E-state index contributed by atoms with van der Waals surface area (Å²) < 4.78 is 10.5. The van der Waals surface area contributed by atoms with Crippen LogP contribution in [0.25, 0.3) is 0 Å². The molecule has 0 saturated heterocycles. The van der Waals surface area contributed by atoms with Crippen molar-refractivity contribution in [3.05, 3.63) is 29.3 Å². The Bertz CT molecular complexity index is 342. The van der Waals surface area contributed by atoms with Crippen LogP contribution in [0.5, 0.6) is 5.75 Å². The molecule has 0 spiro atoms. The van der Waals surface area contributed by atoms with Gasteiger partial charge in [-0.25, -0.2) is 0 Å². The predicted octanol–water partition coefficient (Wildman–Crippen LogP) is 2.72. The summed E-state index contributed by atoms with van der Waals surface area (Å²) >= 11 is 4.53. The number of benzene rings is 1. The molecule has 2 nitrogen and oxygen atoms in total. The largest absolute Gasteiger partial charge is 0.467 e. The minimum atomic E-state index is -0.128. The fourth-order valence-electron chi connectivity index (χ4n) is 1.45. The Morgan fingerprint density at radius 1 is 1.36 bits per heavy atom. The van der Waals surface area contributed by atoms with Crippen LogP contribution in [0, 0.1) is 0 Å². The molecule has 1 aliphatic heterocycles. The van der Waals surface area contributed by atoms with Crippen molar-refractivity contribution in [2.75, 3.05) is 6.79 Å². The molecule has 1 heterocycles. The maximum Gasteiger partial charge on any atom is 0.189 e. The van der Waals surface area contributed by atoms with Crippen molar-refractivity contribution in [3.63, 3.8) is 0 Å². The zero-order valence-corrected chi connectivity index (χ0v) is 9.30. The molecule has 0 amide bonds. The van der Waals surface area contributed by atoms with Gasteiger partial charge in [-0.15, -0.1) is 0 Å². The summed E-state index contributed by atoms with van der Waals surface area (Å²) in [7, 11) is 0. The Kier molecular flexibility index (Phi) is 2.45. The minimum Gasteiger partial charge on any atom is -0.467 e. The average Bonchev–Trinajstić information content (AvgIpc) is 2.16. The van der Waals surface area contributed by atoms with Crippen molar-refractivity contribution in [3.8, 4) is 5.75 Å². The van der Waals surface area contributed by atoms with Crippen LogP contribution in [0.4, 0.5) is 0 Å². The first-order valence-corrected chi connectivity index (χ1v) is 5.08. The van der Waals surface area contributed by atoms with E-state index < -0.39 is 0 Å². The van der Waals surface area contributed by atoms with Gasteiger partial charge >= 0.3 is 0 Å². The molecule has 0 radical (unpaired) electrons. The van der Waals surface area contributed by atoms with E-state index in [9.17, 15) is 0 Å². The molecule has 1 aromatic rings. The second-order valence-corrected chi connectivity index (χ2v) is 5.11. The lowest BCUT2D eigenvalue weighted by Crippen LogP contribution is -2.14. The molecule has 0 fully saturated rings. The van der Waals surface area contributed by atoms with Crippen LogP contribution in [-0.4, -0.2) is 6.79 Å². The van der Waals surface area contributed by atoms with Crippen molar-refractivity contribution < 1.29 is 9.47 Å². The van der Waals surface area contributed by atoms with E-state index in [0.29, 0.717) is 13.4 Å². The Balaban J connectivity index is 2.39. The predicted molar refractivity (Wildman–Crippen MR) is 58.7 cm³/mol. The van der Waals surface area contributed by atoms with Gasteiger partial charge in [0, 0.05) is 10.3 Å². The summed E-state index contributed by atoms with van der Waals surface area (Å²) in [6, 6.07) is 6.16. The third-order valence-corrected chi connectivity index (χ3v) is 2.59. The summed E-state index contributed by atoms with van der Waals surface area (Å²) in [6.45, 7) is 5.13. The highest BCUT2D eigenvalue weighted by Crippen LogP contribution is 2.32. The zero-order chi connectivity index (χ0) is 10.2. The lowest BCUT2D eigenvalue weighted by Gasteiger charge is -2.23. The van der Waals surface area contributed by atoms with Gasteiger partial charge in [0.15, 0.2) is 6.79 Å². The van der Waals surface area contributed by atoms with E-state index in [4.69, 9.17) is 9.47 Å². The Morgan fingerprint density at radius 3 is 2.86 bits per heavy atom. The van der Waals surface area contributed by atoms with Crippen LogP contribution in [-0.2, 0) is 16.1 Å². The molecule has 2 rings (SSSR count). The molecule has 0 unspecified atom stereocenters. The second-order valence-electron chi connectivity index (χ2n) is 3.99. The highest BCUT2D eigenvalue weighted by atomic mass is 32.1. The quantitative estimate of drug-likeness (QED) is 0.718. The average molecular weight is 210 g/mol.